The van der Waals surface area contributed by atoms with E-state index in [9.17, 15) is 0 Å². The van der Waals surface area contributed by atoms with E-state index in [1.807, 2.05) is 0 Å². The summed E-state index contributed by atoms with van der Waals surface area (Å²) in [7, 11) is 1.77. The highest BCUT2D eigenvalue weighted by Crippen LogP contribution is 2.37. The van der Waals surface area contributed by atoms with E-state index in [-0.39, 0.29) is 5.60 Å². The molecule has 5 heteroatoms. The van der Waals surface area contributed by atoms with Crippen molar-refractivity contribution in [1.82, 2.24) is 15.5 Å². The molecule has 0 unspecified atom stereocenters. The fraction of sp³-hybridized carbons (Fsp3) is 0.846. The first-order valence-electron chi connectivity index (χ1n) is 6.85. The smallest absolute Gasteiger partial charge is 0.219 e. The number of rotatable bonds is 8. The predicted molar refractivity (Wildman–Crippen MR) is 68.5 cm³/mol. The molecule has 2 rings (SSSR count). The summed E-state index contributed by atoms with van der Waals surface area (Å²) in [6.07, 6.45) is 6.06. The maximum Gasteiger partial charge on any atom is 0.219 e. The molecule has 1 aromatic heterocycles. The Balaban J connectivity index is 1.79. The maximum absolute atomic E-state index is 5.67. The second-order valence-electron chi connectivity index (χ2n) is 4.96. The number of nitrogens with zero attached hydrogens (tertiary/aromatic N) is 2. The predicted octanol–water partition coefficient (Wildman–Crippen LogP) is 1.72. The maximum atomic E-state index is 5.67. The molecule has 1 heterocycles. The Kier molecular flexibility index (Phi) is 4.72. The number of aryl methyl sites for hydroxylation is 1. The Labute approximate surface area is 108 Å². The van der Waals surface area contributed by atoms with Gasteiger partial charge < -0.3 is 14.5 Å². The summed E-state index contributed by atoms with van der Waals surface area (Å²) in [5.41, 5.74) is -0.0342. The molecular formula is C13H23N3O2. The van der Waals surface area contributed by atoms with Gasteiger partial charge >= 0.3 is 0 Å². The van der Waals surface area contributed by atoms with Crippen LogP contribution in [0.2, 0.25) is 0 Å². The molecule has 0 aromatic carbocycles. The average Bonchev–Trinajstić information content (AvgIpc) is 2.77. The molecule has 1 fully saturated rings. The third-order valence-corrected chi connectivity index (χ3v) is 3.67. The van der Waals surface area contributed by atoms with Gasteiger partial charge in [-0.05, 0) is 38.8 Å². The van der Waals surface area contributed by atoms with Gasteiger partial charge in [0, 0.05) is 13.5 Å². The zero-order valence-electron chi connectivity index (χ0n) is 11.4. The van der Waals surface area contributed by atoms with Crippen molar-refractivity contribution >= 4 is 0 Å². The summed E-state index contributed by atoms with van der Waals surface area (Å²) < 4.78 is 11.2. The molecule has 1 aliphatic rings. The zero-order chi connectivity index (χ0) is 12.8. The molecule has 0 radical (unpaired) electrons. The van der Waals surface area contributed by atoms with Gasteiger partial charge in [0.1, 0.15) is 0 Å². The van der Waals surface area contributed by atoms with Crippen LogP contribution in [0.5, 0.6) is 0 Å². The summed E-state index contributed by atoms with van der Waals surface area (Å²) in [6, 6.07) is 0. The van der Waals surface area contributed by atoms with Gasteiger partial charge in [0.2, 0.25) is 11.8 Å². The van der Waals surface area contributed by atoms with E-state index in [1.54, 1.807) is 7.11 Å². The lowest BCUT2D eigenvalue weighted by Gasteiger charge is -2.39. The second-order valence-corrected chi connectivity index (χ2v) is 4.96. The first-order chi connectivity index (χ1) is 8.78. The second kappa shape index (κ2) is 6.29. The molecule has 0 aliphatic heterocycles. The molecule has 1 aromatic rings. The quantitative estimate of drug-likeness (QED) is 0.715. The van der Waals surface area contributed by atoms with Crippen molar-refractivity contribution < 1.29 is 9.15 Å². The lowest BCUT2D eigenvalue weighted by Crippen LogP contribution is -2.41. The van der Waals surface area contributed by atoms with Crippen LogP contribution in [-0.2, 0) is 17.6 Å². The van der Waals surface area contributed by atoms with Crippen LogP contribution in [0.15, 0.2) is 4.42 Å². The fourth-order valence-electron chi connectivity index (χ4n) is 2.30. The van der Waals surface area contributed by atoms with Crippen LogP contribution < -0.4 is 5.32 Å². The van der Waals surface area contributed by atoms with E-state index in [1.165, 1.54) is 6.42 Å². The lowest BCUT2D eigenvalue weighted by atomic mass is 9.77. The summed E-state index contributed by atoms with van der Waals surface area (Å²) in [5, 5.41) is 11.5. The molecule has 0 saturated heterocycles. The molecule has 0 bridgehead atoms. The van der Waals surface area contributed by atoms with Crippen molar-refractivity contribution in [3.63, 3.8) is 0 Å². The number of hydrogen-bond donors (Lipinski definition) is 1. The third-order valence-electron chi connectivity index (χ3n) is 3.67. The zero-order valence-corrected chi connectivity index (χ0v) is 11.4. The number of aromatic nitrogens is 2. The Morgan fingerprint density at radius 3 is 2.72 bits per heavy atom. The minimum Gasteiger partial charge on any atom is -0.425 e. The van der Waals surface area contributed by atoms with Crippen molar-refractivity contribution in [2.75, 3.05) is 20.2 Å². The van der Waals surface area contributed by atoms with Gasteiger partial charge in [-0.15, -0.1) is 10.2 Å². The fourth-order valence-corrected chi connectivity index (χ4v) is 2.30. The van der Waals surface area contributed by atoms with Crippen molar-refractivity contribution in [3.8, 4) is 0 Å². The van der Waals surface area contributed by atoms with Gasteiger partial charge in [-0.2, -0.15) is 0 Å². The highest BCUT2D eigenvalue weighted by Gasteiger charge is 2.38. The van der Waals surface area contributed by atoms with Crippen molar-refractivity contribution in [2.45, 2.75) is 51.0 Å². The number of nitrogens with one attached hydrogen (secondary N) is 1. The molecule has 18 heavy (non-hydrogen) atoms. The summed E-state index contributed by atoms with van der Waals surface area (Å²) >= 11 is 0. The van der Waals surface area contributed by atoms with Crippen LogP contribution in [-0.4, -0.2) is 36.0 Å². The minimum atomic E-state index is -0.0342. The number of methoxy groups -OCH3 is 1. The normalized spacial score (nSPS) is 17.7. The molecular weight excluding hydrogens is 230 g/mol. The standard InChI is InChI=1S/C13H23N3O2/c1-3-14-9-4-6-11-15-16-12(18-11)10-13(17-2)7-5-8-13/h14H,3-10H2,1-2H3. The average molecular weight is 253 g/mol. The van der Waals surface area contributed by atoms with Gasteiger partial charge in [0.15, 0.2) is 0 Å². The molecule has 0 amide bonds. The highest BCUT2D eigenvalue weighted by atomic mass is 16.5. The van der Waals surface area contributed by atoms with Crippen molar-refractivity contribution in [2.24, 2.45) is 0 Å². The number of hydrogen-bond acceptors (Lipinski definition) is 5. The third kappa shape index (κ3) is 3.29. The first kappa shape index (κ1) is 13.5. The molecule has 1 aliphatic carbocycles. The van der Waals surface area contributed by atoms with Crippen LogP contribution in [0.1, 0.15) is 44.4 Å². The van der Waals surface area contributed by atoms with Crippen LogP contribution in [0, 0.1) is 0 Å². The molecule has 1 N–H and O–H groups in total. The topological polar surface area (TPSA) is 60.2 Å². The molecule has 0 atom stereocenters. The van der Waals surface area contributed by atoms with Crippen LogP contribution in [0.25, 0.3) is 0 Å². The van der Waals surface area contributed by atoms with E-state index in [4.69, 9.17) is 9.15 Å². The van der Waals surface area contributed by atoms with E-state index in [2.05, 4.69) is 22.4 Å². The SMILES string of the molecule is CCNCCCc1nnc(CC2(OC)CCC2)o1. The Hall–Kier alpha value is -0.940. The minimum absolute atomic E-state index is 0.0342. The lowest BCUT2D eigenvalue weighted by molar-refractivity contribution is -0.0746. The first-order valence-corrected chi connectivity index (χ1v) is 6.85. The van der Waals surface area contributed by atoms with Gasteiger partial charge in [-0.3, -0.25) is 0 Å². The Morgan fingerprint density at radius 2 is 2.11 bits per heavy atom. The molecule has 102 valence electrons. The van der Waals surface area contributed by atoms with E-state index in [0.29, 0.717) is 0 Å². The van der Waals surface area contributed by atoms with Crippen molar-refractivity contribution in [3.05, 3.63) is 11.8 Å². The Morgan fingerprint density at radius 1 is 1.33 bits per heavy atom. The summed E-state index contributed by atoms with van der Waals surface area (Å²) in [4.78, 5) is 0. The van der Waals surface area contributed by atoms with Gasteiger partial charge in [0.25, 0.3) is 0 Å². The largest absolute Gasteiger partial charge is 0.425 e. The molecule has 1 saturated carbocycles. The molecule has 5 nitrogen and oxygen atoms in total. The number of ether oxygens (including phenoxy) is 1. The monoisotopic (exact) mass is 253 g/mol. The van der Waals surface area contributed by atoms with Crippen molar-refractivity contribution in [1.29, 1.82) is 0 Å². The van der Waals surface area contributed by atoms with Gasteiger partial charge in [0.05, 0.1) is 12.0 Å². The summed E-state index contributed by atoms with van der Waals surface area (Å²) in [6.45, 7) is 4.11. The Bertz CT molecular complexity index is 355. The van der Waals surface area contributed by atoms with Gasteiger partial charge in [-0.1, -0.05) is 6.92 Å². The van der Waals surface area contributed by atoms with Crippen LogP contribution >= 0.6 is 0 Å². The highest BCUT2D eigenvalue weighted by molar-refractivity contribution is 4.97. The van der Waals surface area contributed by atoms with E-state index >= 15 is 0 Å². The van der Waals surface area contributed by atoms with Gasteiger partial charge in [-0.25, -0.2) is 0 Å². The van der Waals surface area contributed by atoms with Crippen LogP contribution in [0.3, 0.4) is 0 Å². The van der Waals surface area contributed by atoms with Crippen LogP contribution in [0.4, 0.5) is 0 Å². The van der Waals surface area contributed by atoms with E-state index in [0.717, 1.165) is 57.0 Å². The summed E-state index contributed by atoms with van der Waals surface area (Å²) in [5.74, 6) is 1.46. The van der Waals surface area contributed by atoms with E-state index < -0.39 is 0 Å². The molecule has 0 spiro atoms.